The molecular formula is C20H22N4O. The van der Waals surface area contributed by atoms with E-state index in [2.05, 4.69) is 24.0 Å². The molecular weight excluding hydrogens is 312 g/mol. The van der Waals surface area contributed by atoms with Gasteiger partial charge in [0, 0.05) is 40.6 Å². The Hall–Kier alpha value is -2.66. The van der Waals surface area contributed by atoms with Gasteiger partial charge in [0.2, 0.25) is 0 Å². The molecule has 2 aromatic heterocycles. The van der Waals surface area contributed by atoms with E-state index in [4.69, 9.17) is 5.84 Å². The Kier molecular flexibility index (Phi) is 3.81. The van der Waals surface area contributed by atoms with Crippen LogP contribution in [-0.2, 0) is 12.8 Å². The van der Waals surface area contributed by atoms with E-state index in [1.54, 1.807) is 29.2 Å². The molecule has 2 heterocycles. The van der Waals surface area contributed by atoms with Gasteiger partial charge in [0.25, 0.3) is 0 Å². The Balaban J connectivity index is 1.81. The summed E-state index contributed by atoms with van der Waals surface area (Å²) < 4.78 is 1.80. The minimum atomic E-state index is 0.0165. The van der Waals surface area contributed by atoms with E-state index in [0.717, 1.165) is 30.2 Å². The number of carbonyl (C=O) groups is 1. The minimum Gasteiger partial charge on any atom is -0.339 e. The zero-order chi connectivity index (χ0) is 17.6. The number of carbonyl (C=O) groups excluding carboxylic acids is 1. The van der Waals surface area contributed by atoms with Gasteiger partial charge in [-0.05, 0) is 69.3 Å². The monoisotopic (exact) mass is 334 g/mol. The van der Waals surface area contributed by atoms with Crippen molar-refractivity contribution in [2.45, 2.75) is 25.3 Å². The summed E-state index contributed by atoms with van der Waals surface area (Å²) in [7, 11) is 4.24. The molecule has 0 aliphatic heterocycles. The maximum absolute atomic E-state index is 12.8. The molecule has 128 valence electrons. The largest absolute Gasteiger partial charge is 0.339 e. The number of nitrogens with two attached hydrogens (primary N) is 1. The van der Waals surface area contributed by atoms with Crippen molar-refractivity contribution in [2.24, 2.45) is 0 Å². The fourth-order valence-electron chi connectivity index (χ4n) is 3.83. The Morgan fingerprint density at radius 1 is 1.20 bits per heavy atom. The van der Waals surface area contributed by atoms with E-state index in [1.165, 1.54) is 11.3 Å². The molecule has 5 nitrogen and oxygen atoms in total. The van der Waals surface area contributed by atoms with Gasteiger partial charge >= 0.3 is 0 Å². The van der Waals surface area contributed by atoms with Crippen molar-refractivity contribution in [1.82, 2.24) is 14.6 Å². The molecule has 5 heteroatoms. The first-order chi connectivity index (χ1) is 12.1. The predicted molar refractivity (Wildman–Crippen MR) is 99.3 cm³/mol. The molecule has 0 bridgehead atoms. The average molecular weight is 334 g/mol. The third kappa shape index (κ3) is 2.61. The highest BCUT2D eigenvalue weighted by atomic mass is 16.1. The molecule has 1 atom stereocenters. The lowest BCUT2D eigenvalue weighted by Gasteiger charge is -2.28. The molecule has 0 amide bonds. The zero-order valence-corrected chi connectivity index (χ0v) is 14.6. The third-order valence-corrected chi connectivity index (χ3v) is 5.31. The van der Waals surface area contributed by atoms with Crippen LogP contribution in [0.3, 0.4) is 0 Å². The SMILES string of the molecule is CN(C)C1CCc2c(c3cc(C(=O)c4ccncc4)ccc3n2N)C1. The van der Waals surface area contributed by atoms with Gasteiger partial charge < -0.3 is 10.7 Å². The highest BCUT2D eigenvalue weighted by Crippen LogP contribution is 2.32. The number of pyridine rings is 1. The van der Waals surface area contributed by atoms with Gasteiger partial charge in [-0.25, -0.2) is 0 Å². The molecule has 25 heavy (non-hydrogen) atoms. The average Bonchev–Trinajstić information content (AvgIpc) is 2.93. The van der Waals surface area contributed by atoms with Gasteiger partial charge in [0.05, 0.1) is 5.52 Å². The molecule has 0 saturated carbocycles. The van der Waals surface area contributed by atoms with Crippen molar-refractivity contribution in [3.8, 4) is 0 Å². The summed E-state index contributed by atoms with van der Waals surface area (Å²) in [5, 5.41) is 1.10. The van der Waals surface area contributed by atoms with E-state index in [-0.39, 0.29) is 5.78 Å². The second-order valence-electron chi connectivity index (χ2n) is 6.95. The molecule has 0 spiro atoms. The third-order valence-electron chi connectivity index (χ3n) is 5.31. The van der Waals surface area contributed by atoms with E-state index in [9.17, 15) is 4.79 Å². The number of nitrogen functional groups attached to an aromatic ring is 1. The first kappa shape index (κ1) is 15.8. The second-order valence-corrected chi connectivity index (χ2v) is 6.95. The first-order valence-corrected chi connectivity index (χ1v) is 8.58. The van der Waals surface area contributed by atoms with Crippen molar-refractivity contribution < 1.29 is 4.79 Å². The number of hydrogen-bond donors (Lipinski definition) is 1. The van der Waals surface area contributed by atoms with E-state index < -0.39 is 0 Å². The normalized spacial score (nSPS) is 17.0. The van der Waals surface area contributed by atoms with Crippen LogP contribution in [0.2, 0.25) is 0 Å². The van der Waals surface area contributed by atoms with Crippen LogP contribution in [0.5, 0.6) is 0 Å². The molecule has 0 saturated heterocycles. The van der Waals surface area contributed by atoms with Crippen LogP contribution < -0.4 is 5.84 Å². The van der Waals surface area contributed by atoms with Crippen molar-refractivity contribution in [3.05, 3.63) is 65.1 Å². The Labute approximate surface area is 147 Å². The molecule has 0 fully saturated rings. The number of fused-ring (bicyclic) bond motifs is 3. The highest BCUT2D eigenvalue weighted by molar-refractivity contribution is 6.10. The van der Waals surface area contributed by atoms with Crippen molar-refractivity contribution >= 4 is 16.7 Å². The van der Waals surface area contributed by atoms with Crippen molar-refractivity contribution in [1.29, 1.82) is 0 Å². The van der Waals surface area contributed by atoms with Gasteiger partial charge in [-0.2, -0.15) is 0 Å². The number of nitrogens with zero attached hydrogens (tertiary/aromatic N) is 3. The molecule has 0 radical (unpaired) electrons. The smallest absolute Gasteiger partial charge is 0.193 e. The number of hydrogen-bond acceptors (Lipinski definition) is 4. The van der Waals surface area contributed by atoms with Crippen LogP contribution in [0.4, 0.5) is 0 Å². The summed E-state index contributed by atoms with van der Waals surface area (Å²) in [5.41, 5.74) is 4.82. The summed E-state index contributed by atoms with van der Waals surface area (Å²) in [6.07, 6.45) is 6.33. The zero-order valence-electron chi connectivity index (χ0n) is 14.6. The predicted octanol–water partition coefficient (Wildman–Crippen LogP) is 2.40. The van der Waals surface area contributed by atoms with Crippen LogP contribution in [0.15, 0.2) is 42.7 Å². The lowest BCUT2D eigenvalue weighted by atomic mass is 9.90. The first-order valence-electron chi connectivity index (χ1n) is 8.58. The topological polar surface area (TPSA) is 64.2 Å². The van der Waals surface area contributed by atoms with Crippen LogP contribution in [0, 0.1) is 0 Å². The lowest BCUT2D eigenvalue weighted by molar-refractivity contribution is 0.103. The number of aromatic nitrogens is 2. The van der Waals surface area contributed by atoms with E-state index in [1.807, 2.05) is 18.2 Å². The fraction of sp³-hybridized carbons (Fsp3) is 0.300. The molecule has 1 aliphatic rings. The summed E-state index contributed by atoms with van der Waals surface area (Å²) in [4.78, 5) is 19.0. The summed E-state index contributed by atoms with van der Waals surface area (Å²) in [5.74, 6) is 6.34. The Bertz CT molecular complexity index is 943. The van der Waals surface area contributed by atoms with E-state index in [0.29, 0.717) is 17.2 Å². The molecule has 2 N–H and O–H groups in total. The van der Waals surface area contributed by atoms with Crippen LogP contribution in [0.25, 0.3) is 10.9 Å². The van der Waals surface area contributed by atoms with Gasteiger partial charge in [0.15, 0.2) is 5.78 Å². The summed E-state index contributed by atoms with van der Waals surface area (Å²) >= 11 is 0. The maximum Gasteiger partial charge on any atom is 0.193 e. The fourth-order valence-corrected chi connectivity index (χ4v) is 3.83. The summed E-state index contributed by atoms with van der Waals surface area (Å²) in [6, 6.07) is 9.84. The molecule has 4 rings (SSSR count). The van der Waals surface area contributed by atoms with E-state index >= 15 is 0 Å². The minimum absolute atomic E-state index is 0.0165. The molecule has 1 aliphatic carbocycles. The quantitative estimate of drug-likeness (QED) is 0.590. The maximum atomic E-state index is 12.8. The molecule has 3 aromatic rings. The van der Waals surface area contributed by atoms with Gasteiger partial charge in [-0.3, -0.25) is 14.5 Å². The van der Waals surface area contributed by atoms with Crippen LogP contribution in [-0.4, -0.2) is 40.5 Å². The lowest BCUT2D eigenvalue weighted by Crippen LogP contribution is -2.34. The van der Waals surface area contributed by atoms with Gasteiger partial charge in [-0.15, -0.1) is 0 Å². The van der Waals surface area contributed by atoms with Crippen LogP contribution >= 0.6 is 0 Å². The Morgan fingerprint density at radius 3 is 2.68 bits per heavy atom. The number of ketones is 1. The van der Waals surface area contributed by atoms with Crippen molar-refractivity contribution in [3.63, 3.8) is 0 Å². The number of rotatable bonds is 3. The number of likely N-dealkylation sites (N-methyl/N-ethyl adjacent to an activating group) is 1. The van der Waals surface area contributed by atoms with Gasteiger partial charge in [-0.1, -0.05) is 0 Å². The summed E-state index contributed by atoms with van der Waals surface area (Å²) in [6.45, 7) is 0. The van der Waals surface area contributed by atoms with Gasteiger partial charge in [0.1, 0.15) is 0 Å². The second kappa shape index (κ2) is 6.01. The molecule has 1 aromatic carbocycles. The Morgan fingerprint density at radius 2 is 1.96 bits per heavy atom. The standard InChI is InChI=1S/C20H22N4O/c1-23(2)15-4-6-19-17(12-15)16-11-14(3-5-18(16)24(19)21)20(25)13-7-9-22-10-8-13/h3,5,7-11,15H,4,6,12,21H2,1-2H3. The molecule has 1 unspecified atom stereocenters. The number of benzene rings is 1. The highest BCUT2D eigenvalue weighted by Gasteiger charge is 2.26. The van der Waals surface area contributed by atoms with Crippen LogP contribution in [0.1, 0.15) is 33.6 Å². The van der Waals surface area contributed by atoms with Crippen molar-refractivity contribution in [2.75, 3.05) is 19.9 Å².